The van der Waals surface area contributed by atoms with Crippen LogP contribution in [0.3, 0.4) is 0 Å². The second-order valence-corrected chi connectivity index (χ2v) is 13.5. The Kier molecular flexibility index (Phi) is 8.47. The lowest BCUT2D eigenvalue weighted by Crippen LogP contribution is -2.52. The molecule has 3 heterocycles. The van der Waals surface area contributed by atoms with Crippen molar-refractivity contribution in [2.24, 2.45) is 0 Å². The van der Waals surface area contributed by atoms with Crippen LogP contribution in [0.4, 0.5) is 9.93 Å². The fourth-order valence-electron chi connectivity index (χ4n) is 4.38. The Morgan fingerprint density at radius 2 is 1.79 bits per heavy atom. The second-order valence-electron chi connectivity index (χ2n) is 9.13. The van der Waals surface area contributed by atoms with Crippen molar-refractivity contribution in [1.82, 2.24) is 24.5 Å². The molecule has 38 heavy (non-hydrogen) atoms. The second kappa shape index (κ2) is 11.5. The molecule has 1 aromatic carbocycles. The van der Waals surface area contributed by atoms with E-state index in [1.807, 2.05) is 39.0 Å². The molecular weight excluding hydrogens is 549 g/mol. The van der Waals surface area contributed by atoms with Crippen molar-refractivity contribution in [1.29, 1.82) is 0 Å². The molecule has 0 radical (unpaired) electrons. The number of thiazole rings is 2. The Labute approximate surface area is 229 Å². The van der Waals surface area contributed by atoms with Crippen LogP contribution in [0.25, 0.3) is 10.4 Å². The maximum absolute atomic E-state index is 13.1. The molecule has 204 valence electrons. The first-order valence-corrected chi connectivity index (χ1v) is 15.1. The standard InChI is InChI=1S/C24H30N6O5S3/c1-14(25-21(31)19-7-5-6-18(12-19)20-15(2)26-17(4)36-20)13-29-8-10-30(11-9-29)38(34,35)22-16(3)27-23(37-22)28-24(32)33/h5-7,12,14H,8-11,13H2,1-4H3,(H,25,31)(H,27,28)(H,32,33). The summed E-state index contributed by atoms with van der Waals surface area (Å²) in [5.41, 5.74) is 2.75. The number of aromatic nitrogens is 2. The normalized spacial score (nSPS) is 15.8. The Morgan fingerprint density at radius 1 is 1.08 bits per heavy atom. The predicted molar refractivity (Wildman–Crippen MR) is 148 cm³/mol. The van der Waals surface area contributed by atoms with E-state index in [1.54, 1.807) is 24.3 Å². The SMILES string of the molecule is Cc1nc(C)c(-c2cccc(C(=O)NC(C)CN3CCN(S(=O)(=O)c4sc(NC(=O)O)nc4C)CC3)c2)s1. The summed E-state index contributed by atoms with van der Waals surface area (Å²) >= 11 is 2.41. The number of hydrogen-bond acceptors (Lipinski definition) is 9. The van der Waals surface area contributed by atoms with Crippen LogP contribution in [0.5, 0.6) is 0 Å². The van der Waals surface area contributed by atoms with Crippen molar-refractivity contribution in [2.75, 3.05) is 38.0 Å². The number of carbonyl (C=O) groups is 2. The maximum Gasteiger partial charge on any atom is 0.410 e. The van der Waals surface area contributed by atoms with E-state index in [1.165, 1.54) is 4.31 Å². The van der Waals surface area contributed by atoms with Crippen LogP contribution in [0.1, 0.15) is 33.7 Å². The lowest BCUT2D eigenvalue weighted by atomic mass is 10.1. The lowest BCUT2D eigenvalue weighted by molar-refractivity contribution is 0.0922. The highest BCUT2D eigenvalue weighted by Crippen LogP contribution is 2.31. The average Bonchev–Trinajstić information content (AvgIpc) is 3.39. The number of nitrogens with zero attached hydrogens (tertiary/aromatic N) is 4. The molecule has 0 aliphatic carbocycles. The summed E-state index contributed by atoms with van der Waals surface area (Å²) in [7, 11) is -3.79. The highest BCUT2D eigenvalue weighted by molar-refractivity contribution is 7.91. The van der Waals surface area contributed by atoms with E-state index in [9.17, 15) is 18.0 Å². The Hall–Kier alpha value is -2.91. The zero-order valence-electron chi connectivity index (χ0n) is 21.5. The van der Waals surface area contributed by atoms with Gasteiger partial charge in [-0.1, -0.05) is 23.5 Å². The summed E-state index contributed by atoms with van der Waals surface area (Å²) in [4.78, 5) is 35.5. The van der Waals surface area contributed by atoms with Crippen LogP contribution in [-0.2, 0) is 10.0 Å². The molecule has 1 unspecified atom stereocenters. The van der Waals surface area contributed by atoms with Crippen molar-refractivity contribution in [2.45, 2.75) is 37.9 Å². The number of piperazine rings is 1. The van der Waals surface area contributed by atoms with Gasteiger partial charge in [0.2, 0.25) is 0 Å². The van der Waals surface area contributed by atoms with E-state index in [0.29, 0.717) is 25.2 Å². The number of sulfonamides is 1. The van der Waals surface area contributed by atoms with Crippen LogP contribution < -0.4 is 10.6 Å². The summed E-state index contributed by atoms with van der Waals surface area (Å²) < 4.78 is 27.7. The van der Waals surface area contributed by atoms with Crippen LogP contribution in [-0.4, -0.2) is 83.5 Å². The number of carboxylic acid groups (broad SMARTS) is 1. The van der Waals surface area contributed by atoms with Gasteiger partial charge in [-0.15, -0.1) is 11.3 Å². The molecule has 11 nitrogen and oxygen atoms in total. The van der Waals surface area contributed by atoms with Crippen molar-refractivity contribution in [3.8, 4) is 10.4 Å². The first-order chi connectivity index (χ1) is 17.9. The quantitative estimate of drug-likeness (QED) is 0.369. The van der Waals surface area contributed by atoms with Gasteiger partial charge in [0, 0.05) is 44.3 Å². The summed E-state index contributed by atoms with van der Waals surface area (Å²) in [5, 5.41) is 15.0. The lowest BCUT2D eigenvalue weighted by Gasteiger charge is -2.35. The number of nitrogens with one attached hydrogen (secondary N) is 2. The number of aryl methyl sites for hydroxylation is 3. The van der Waals surface area contributed by atoms with Gasteiger partial charge in [-0.2, -0.15) is 4.31 Å². The molecule has 3 N–H and O–H groups in total. The summed E-state index contributed by atoms with van der Waals surface area (Å²) in [6.07, 6.45) is -1.30. The number of amides is 2. The largest absolute Gasteiger partial charge is 0.465 e. The summed E-state index contributed by atoms with van der Waals surface area (Å²) in [6.45, 7) is 9.59. The molecule has 1 atom stereocenters. The molecule has 2 aromatic heterocycles. The fraction of sp³-hybridized carbons (Fsp3) is 0.417. The summed E-state index contributed by atoms with van der Waals surface area (Å²) in [6, 6.07) is 7.37. The molecule has 1 saturated heterocycles. The van der Waals surface area contributed by atoms with E-state index >= 15 is 0 Å². The van der Waals surface area contributed by atoms with Gasteiger partial charge in [0.05, 0.1) is 21.3 Å². The molecule has 2 amide bonds. The third-order valence-corrected chi connectivity index (χ3v) is 10.8. The molecule has 0 spiro atoms. The number of benzene rings is 1. The van der Waals surface area contributed by atoms with Gasteiger partial charge in [-0.25, -0.2) is 23.2 Å². The number of anilines is 1. The van der Waals surface area contributed by atoms with Crippen LogP contribution >= 0.6 is 22.7 Å². The van der Waals surface area contributed by atoms with Gasteiger partial charge in [-0.3, -0.25) is 15.0 Å². The van der Waals surface area contributed by atoms with Crippen molar-refractivity contribution >= 4 is 49.8 Å². The third kappa shape index (κ3) is 6.38. The smallest absolute Gasteiger partial charge is 0.410 e. The first kappa shape index (κ1) is 28.1. The number of hydrogen-bond donors (Lipinski definition) is 3. The first-order valence-electron chi connectivity index (χ1n) is 12.0. The molecule has 1 aliphatic rings. The fourth-order valence-corrected chi connectivity index (χ4v) is 8.26. The molecule has 1 fully saturated rings. The molecule has 0 saturated carbocycles. The summed E-state index contributed by atoms with van der Waals surface area (Å²) in [5.74, 6) is -0.161. The molecule has 0 bridgehead atoms. The average molecular weight is 579 g/mol. The van der Waals surface area contributed by atoms with E-state index < -0.39 is 16.1 Å². The van der Waals surface area contributed by atoms with Gasteiger partial charge in [-0.05, 0) is 45.4 Å². The molecule has 4 rings (SSSR count). The molecular formula is C24H30N6O5S3. The van der Waals surface area contributed by atoms with Gasteiger partial charge < -0.3 is 10.4 Å². The van der Waals surface area contributed by atoms with Gasteiger partial charge in [0.15, 0.2) is 9.34 Å². The van der Waals surface area contributed by atoms with Crippen LogP contribution in [0, 0.1) is 20.8 Å². The highest BCUT2D eigenvalue weighted by Gasteiger charge is 2.32. The maximum atomic E-state index is 13.1. The van der Waals surface area contributed by atoms with E-state index in [4.69, 9.17) is 5.11 Å². The Morgan fingerprint density at radius 3 is 2.42 bits per heavy atom. The number of carbonyl (C=O) groups excluding carboxylic acids is 1. The van der Waals surface area contributed by atoms with Gasteiger partial charge >= 0.3 is 6.09 Å². The third-order valence-electron chi connectivity index (χ3n) is 6.07. The van der Waals surface area contributed by atoms with Crippen molar-refractivity contribution < 1.29 is 23.1 Å². The highest BCUT2D eigenvalue weighted by atomic mass is 32.2. The topological polar surface area (TPSA) is 145 Å². The molecule has 1 aliphatic heterocycles. The van der Waals surface area contributed by atoms with Crippen LogP contribution in [0.15, 0.2) is 28.5 Å². The molecule has 3 aromatic rings. The Balaban J connectivity index is 1.32. The predicted octanol–water partition coefficient (Wildman–Crippen LogP) is 3.41. The molecule has 14 heteroatoms. The van der Waals surface area contributed by atoms with Gasteiger partial charge in [0.1, 0.15) is 0 Å². The van der Waals surface area contributed by atoms with Crippen molar-refractivity contribution in [3.05, 3.63) is 46.2 Å². The van der Waals surface area contributed by atoms with E-state index in [2.05, 4.69) is 25.5 Å². The number of rotatable bonds is 8. The zero-order valence-corrected chi connectivity index (χ0v) is 24.0. The van der Waals surface area contributed by atoms with E-state index in [0.717, 1.165) is 32.5 Å². The Bertz CT molecular complexity index is 1440. The van der Waals surface area contributed by atoms with Crippen LogP contribution in [0.2, 0.25) is 0 Å². The minimum Gasteiger partial charge on any atom is -0.465 e. The minimum atomic E-state index is -3.79. The minimum absolute atomic E-state index is 0.0274. The van der Waals surface area contributed by atoms with E-state index in [-0.39, 0.29) is 40.1 Å². The van der Waals surface area contributed by atoms with Gasteiger partial charge in [0.25, 0.3) is 15.9 Å². The monoisotopic (exact) mass is 578 g/mol. The zero-order chi connectivity index (χ0) is 27.6. The van der Waals surface area contributed by atoms with Crippen molar-refractivity contribution in [3.63, 3.8) is 0 Å².